The number of halogens is 3. The van der Waals surface area contributed by atoms with Gasteiger partial charge in [-0.1, -0.05) is 0 Å². The lowest BCUT2D eigenvalue weighted by Crippen LogP contribution is -2.39. The Morgan fingerprint density at radius 3 is 2.30 bits per heavy atom. The number of carbonyl (C=O) groups is 2. The van der Waals surface area contributed by atoms with Crippen LogP contribution in [0.15, 0.2) is 24.1 Å². The average molecular weight is 452 g/mol. The molecule has 2 rings (SSSR count). The van der Waals surface area contributed by atoms with Crippen LogP contribution in [-0.2, 0) is 23.8 Å². The molecular weight excluding hydrogens is 437 g/mol. The summed E-state index contributed by atoms with van der Waals surface area (Å²) < 4.78 is 68.6. The zero-order valence-corrected chi connectivity index (χ0v) is 16.5. The lowest BCUT2D eigenvalue weighted by Gasteiger charge is -2.21. The van der Waals surface area contributed by atoms with Crippen LogP contribution in [0.5, 0.6) is 0 Å². The number of ether oxygens (including phenoxy) is 1. The zero-order valence-electron chi connectivity index (χ0n) is 15.7. The first kappa shape index (κ1) is 23.1. The first-order valence-corrected chi connectivity index (χ1v) is 9.48. The van der Waals surface area contributed by atoms with E-state index in [9.17, 15) is 41.3 Å². The van der Waals surface area contributed by atoms with E-state index in [0.717, 1.165) is 13.2 Å². The average Bonchev–Trinajstić information content (AvgIpc) is 3.04. The van der Waals surface area contributed by atoms with Crippen molar-refractivity contribution in [2.45, 2.75) is 31.8 Å². The Labute approximate surface area is 168 Å². The minimum atomic E-state index is -6.05. The number of hydrogen-bond donors (Lipinski definition) is 0. The van der Waals surface area contributed by atoms with Crippen LogP contribution >= 0.6 is 0 Å². The number of alkyl halides is 3. The second kappa shape index (κ2) is 7.93. The normalized spacial score (nSPS) is 16.8. The number of nitrogens with zero attached hydrogens (tertiary/aromatic N) is 2. The van der Waals surface area contributed by atoms with E-state index in [-0.39, 0.29) is 0 Å². The van der Waals surface area contributed by atoms with Gasteiger partial charge in [0.05, 0.1) is 12.0 Å². The SMILES string of the molecule is COC(=O)[C@@H]1CC(OS(=O)(=O)C(F)(F)F)=CN1C(=O)c1cc(C)c(C)cc1[N+](=O)[O-]. The minimum Gasteiger partial charge on any atom is -0.467 e. The van der Waals surface area contributed by atoms with Crippen molar-refractivity contribution in [3.63, 3.8) is 0 Å². The molecule has 30 heavy (non-hydrogen) atoms. The van der Waals surface area contributed by atoms with Gasteiger partial charge < -0.3 is 8.92 Å². The third-order valence-corrected chi connectivity index (χ3v) is 5.26. The molecule has 1 aliphatic rings. The van der Waals surface area contributed by atoms with Gasteiger partial charge in [0, 0.05) is 18.7 Å². The number of nitro groups is 1. The van der Waals surface area contributed by atoms with E-state index in [1.54, 1.807) is 13.8 Å². The molecule has 0 spiro atoms. The largest absolute Gasteiger partial charge is 0.534 e. The molecule has 1 atom stereocenters. The minimum absolute atomic E-state index is 0.451. The van der Waals surface area contributed by atoms with Crippen LogP contribution in [-0.4, -0.2) is 48.8 Å². The van der Waals surface area contributed by atoms with Gasteiger partial charge in [-0.15, -0.1) is 0 Å². The zero-order chi connectivity index (χ0) is 23.0. The topological polar surface area (TPSA) is 133 Å². The number of nitro benzene ring substituents is 1. The summed E-state index contributed by atoms with van der Waals surface area (Å²) in [6.07, 6.45) is -0.168. The maximum atomic E-state index is 12.9. The van der Waals surface area contributed by atoms with Gasteiger partial charge in [0.15, 0.2) is 0 Å². The number of amides is 1. The van der Waals surface area contributed by atoms with Gasteiger partial charge in [-0.05, 0) is 31.0 Å². The van der Waals surface area contributed by atoms with E-state index in [2.05, 4.69) is 8.92 Å². The summed E-state index contributed by atoms with van der Waals surface area (Å²) >= 11 is 0. The Kier molecular flexibility index (Phi) is 6.11. The number of carbonyl (C=O) groups excluding carboxylic acids is 2. The van der Waals surface area contributed by atoms with Crippen molar-refractivity contribution >= 4 is 27.7 Å². The predicted octanol–water partition coefficient (Wildman–Crippen LogP) is 2.31. The van der Waals surface area contributed by atoms with Crippen molar-refractivity contribution in [2.75, 3.05) is 7.11 Å². The molecule has 0 bridgehead atoms. The summed E-state index contributed by atoms with van der Waals surface area (Å²) in [5.74, 6) is -3.07. The van der Waals surface area contributed by atoms with Crippen molar-refractivity contribution in [1.82, 2.24) is 4.90 Å². The van der Waals surface area contributed by atoms with Crippen LogP contribution in [0.2, 0.25) is 0 Å². The third kappa shape index (κ3) is 4.37. The van der Waals surface area contributed by atoms with Gasteiger partial charge in [-0.3, -0.25) is 19.8 Å². The van der Waals surface area contributed by atoms with E-state index < -0.39 is 61.9 Å². The molecule has 0 saturated carbocycles. The quantitative estimate of drug-likeness (QED) is 0.219. The Morgan fingerprint density at radius 1 is 1.23 bits per heavy atom. The van der Waals surface area contributed by atoms with Gasteiger partial charge in [-0.25, -0.2) is 4.79 Å². The number of esters is 1. The maximum Gasteiger partial charge on any atom is 0.534 e. The molecule has 0 radical (unpaired) electrons. The second-order valence-corrected chi connectivity index (χ2v) is 7.78. The Hall–Kier alpha value is -3.16. The lowest BCUT2D eigenvalue weighted by molar-refractivity contribution is -0.385. The van der Waals surface area contributed by atoms with E-state index >= 15 is 0 Å². The van der Waals surface area contributed by atoms with Crippen molar-refractivity contribution < 1.29 is 45.0 Å². The highest BCUT2D eigenvalue weighted by molar-refractivity contribution is 7.87. The van der Waals surface area contributed by atoms with E-state index in [4.69, 9.17) is 0 Å². The van der Waals surface area contributed by atoms with E-state index in [0.29, 0.717) is 22.2 Å². The highest BCUT2D eigenvalue weighted by Gasteiger charge is 2.50. The Balaban J connectivity index is 2.52. The van der Waals surface area contributed by atoms with Crippen LogP contribution in [0.3, 0.4) is 0 Å². The fourth-order valence-corrected chi connectivity index (χ4v) is 3.11. The number of hydrogen-bond acceptors (Lipinski definition) is 8. The Bertz CT molecular complexity index is 1050. The van der Waals surface area contributed by atoms with Crippen molar-refractivity contribution in [1.29, 1.82) is 0 Å². The standard InChI is InChI=1S/C16H15F3N2O8S/c1-8-4-11(12(21(24)25)5-9(8)2)14(22)20-7-10(6-13(20)15(23)28-3)29-30(26,27)16(17,18)19/h4-5,7,13H,6H2,1-3H3/t13-/m0/s1. The molecule has 14 heteroatoms. The van der Waals surface area contributed by atoms with Crippen molar-refractivity contribution in [3.8, 4) is 0 Å². The van der Waals surface area contributed by atoms with Crippen LogP contribution in [0.4, 0.5) is 18.9 Å². The molecule has 1 aromatic rings. The van der Waals surface area contributed by atoms with E-state index in [1.165, 1.54) is 6.07 Å². The van der Waals surface area contributed by atoms with Crippen molar-refractivity contribution in [3.05, 3.63) is 50.9 Å². The number of methoxy groups -OCH3 is 1. The molecule has 1 amide bonds. The molecule has 0 saturated heterocycles. The first-order chi connectivity index (χ1) is 13.7. The van der Waals surface area contributed by atoms with E-state index in [1.807, 2.05) is 0 Å². The molecule has 10 nitrogen and oxygen atoms in total. The molecule has 0 aromatic heterocycles. The highest BCUT2D eigenvalue weighted by atomic mass is 32.2. The van der Waals surface area contributed by atoms with Gasteiger partial charge in [0.2, 0.25) is 0 Å². The van der Waals surface area contributed by atoms with Crippen LogP contribution in [0, 0.1) is 24.0 Å². The predicted molar refractivity (Wildman–Crippen MR) is 93.3 cm³/mol. The summed E-state index contributed by atoms with van der Waals surface area (Å²) in [5, 5.41) is 11.3. The Morgan fingerprint density at radius 2 is 1.80 bits per heavy atom. The van der Waals surface area contributed by atoms with Gasteiger partial charge in [0.25, 0.3) is 11.6 Å². The maximum absolute atomic E-state index is 12.9. The molecule has 1 heterocycles. The summed E-state index contributed by atoms with van der Waals surface area (Å²) in [4.78, 5) is 36.0. The van der Waals surface area contributed by atoms with Crippen LogP contribution < -0.4 is 0 Å². The van der Waals surface area contributed by atoms with Gasteiger partial charge >= 0.3 is 21.6 Å². The number of benzene rings is 1. The summed E-state index contributed by atoms with van der Waals surface area (Å²) in [6, 6.07) is 0.728. The van der Waals surface area contributed by atoms with Crippen LogP contribution in [0.25, 0.3) is 0 Å². The molecule has 0 fully saturated rings. The van der Waals surface area contributed by atoms with Crippen molar-refractivity contribution in [2.24, 2.45) is 0 Å². The fourth-order valence-electron chi connectivity index (χ4n) is 2.63. The summed E-state index contributed by atoms with van der Waals surface area (Å²) in [7, 11) is -5.11. The second-order valence-electron chi connectivity index (χ2n) is 6.24. The molecule has 1 aromatic carbocycles. The number of aryl methyl sites for hydroxylation is 2. The smallest absolute Gasteiger partial charge is 0.467 e. The summed E-state index contributed by atoms with van der Waals surface area (Å²) in [5.41, 5.74) is -5.79. The molecule has 0 aliphatic carbocycles. The summed E-state index contributed by atoms with van der Waals surface area (Å²) in [6.45, 7) is 3.13. The first-order valence-electron chi connectivity index (χ1n) is 8.07. The molecule has 164 valence electrons. The molecule has 0 unspecified atom stereocenters. The molecule has 1 aliphatic heterocycles. The van der Waals surface area contributed by atoms with Gasteiger partial charge in [0.1, 0.15) is 17.4 Å². The molecule has 0 N–H and O–H groups in total. The monoisotopic (exact) mass is 452 g/mol. The highest BCUT2D eigenvalue weighted by Crippen LogP contribution is 2.33. The third-order valence-electron chi connectivity index (χ3n) is 4.26. The number of rotatable bonds is 5. The fraction of sp³-hybridized carbons (Fsp3) is 0.375. The van der Waals surface area contributed by atoms with Crippen LogP contribution in [0.1, 0.15) is 27.9 Å². The van der Waals surface area contributed by atoms with Gasteiger partial charge in [-0.2, -0.15) is 21.6 Å². The lowest BCUT2D eigenvalue weighted by atomic mass is 10.0. The molecular formula is C16H15F3N2O8S.